The number of aromatic nitrogens is 2. The Bertz CT molecular complexity index is 597. The zero-order chi connectivity index (χ0) is 12.6. The summed E-state index contributed by atoms with van der Waals surface area (Å²) in [6, 6.07) is 0. The molecule has 0 saturated carbocycles. The zero-order valence-corrected chi connectivity index (χ0v) is 12.6. The van der Waals surface area contributed by atoms with Crippen molar-refractivity contribution in [3.8, 4) is 0 Å². The van der Waals surface area contributed by atoms with E-state index >= 15 is 0 Å². The van der Waals surface area contributed by atoms with Crippen LogP contribution in [0.4, 0.5) is 0 Å². The summed E-state index contributed by atoms with van der Waals surface area (Å²) in [5.41, 5.74) is 1.84. The number of hydrogen-bond donors (Lipinski definition) is 0. The van der Waals surface area contributed by atoms with Crippen molar-refractivity contribution in [3.63, 3.8) is 0 Å². The maximum Gasteiger partial charge on any atom is 0.341 e. The van der Waals surface area contributed by atoms with Crippen LogP contribution in [0.15, 0.2) is 16.9 Å². The third-order valence-electron chi connectivity index (χ3n) is 2.33. The minimum atomic E-state index is -0.430. The normalized spacial score (nSPS) is 10.8. The van der Waals surface area contributed by atoms with Gasteiger partial charge in [0, 0.05) is 17.1 Å². The number of halogens is 3. The van der Waals surface area contributed by atoms with Gasteiger partial charge in [0.15, 0.2) is 0 Å². The Morgan fingerprint density at radius 3 is 2.94 bits per heavy atom. The van der Waals surface area contributed by atoms with Crippen molar-refractivity contribution in [2.45, 2.75) is 5.33 Å². The summed E-state index contributed by atoms with van der Waals surface area (Å²) < 4.78 is 7.03. The fourth-order valence-electron chi connectivity index (χ4n) is 1.55. The van der Waals surface area contributed by atoms with Gasteiger partial charge in [-0.05, 0) is 15.9 Å². The molecule has 2 aromatic rings. The molecule has 0 atom stereocenters. The van der Waals surface area contributed by atoms with Gasteiger partial charge >= 0.3 is 5.97 Å². The van der Waals surface area contributed by atoms with Crippen LogP contribution in [0.1, 0.15) is 15.9 Å². The van der Waals surface area contributed by atoms with Crippen molar-refractivity contribution in [1.82, 2.24) is 9.61 Å². The quantitative estimate of drug-likeness (QED) is 0.590. The van der Waals surface area contributed by atoms with Crippen LogP contribution in [-0.2, 0) is 10.1 Å². The van der Waals surface area contributed by atoms with Crippen molar-refractivity contribution < 1.29 is 9.53 Å². The lowest BCUT2D eigenvalue weighted by molar-refractivity contribution is 0.0603. The molecule has 7 heteroatoms. The molecule has 0 fully saturated rings. The molecule has 2 rings (SSSR count). The second-order valence-corrected chi connectivity index (χ2v) is 5.04. The molecule has 0 aliphatic carbocycles. The topological polar surface area (TPSA) is 43.6 Å². The zero-order valence-electron chi connectivity index (χ0n) is 8.71. The van der Waals surface area contributed by atoms with Gasteiger partial charge in [-0.3, -0.25) is 0 Å². The number of esters is 1. The molecule has 0 spiro atoms. The maximum absolute atomic E-state index is 11.6. The second kappa shape index (κ2) is 4.96. The van der Waals surface area contributed by atoms with Crippen LogP contribution in [-0.4, -0.2) is 22.7 Å². The first-order valence-electron chi connectivity index (χ1n) is 4.58. The van der Waals surface area contributed by atoms with Crippen molar-refractivity contribution >= 4 is 54.9 Å². The minimum Gasteiger partial charge on any atom is -0.465 e. The molecule has 0 aromatic carbocycles. The molecule has 0 unspecified atom stereocenters. The third-order valence-corrected chi connectivity index (χ3v) is 4.15. The molecular weight excluding hydrogens is 375 g/mol. The SMILES string of the molecule is COC(=O)c1cnn2cc(Br)c(Cl)c(CBr)c12. The van der Waals surface area contributed by atoms with Gasteiger partial charge < -0.3 is 4.74 Å². The van der Waals surface area contributed by atoms with E-state index < -0.39 is 5.97 Å². The Hall–Kier alpha value is -0.590. The van der Waals surface area contributed by atoms with Gasteiger partial charge in [-0.2, -0.15) is 5.10 Å². The average Bonchev–Trinajstić information content (AvgIpc) is 2.73. The number of hydrogen-bond acceptors (Lipinski definition) is 3. The molecule has 4 nitrogen and oxygen atoms in total. The van der Waals surface area contributed by atoms with Crippen LogP contribution in [0.25, 0.3) is 5.52 Å². The molecule has 0 N–H and O–H groups in total. The highest BCUT2D eigenvalue weighted by Crippen LogP contribution is 2.32. The maximum atomic E-state index is 11.6. The molecule has 0 radical (unpaired) electrons. The first-order chi connectivity index (χ1) is 8.10. The molecular formula is C10H7Br2ClN2O2. The highest BCUT2D eigenvalue weighted by molar-refractivity contribution is 9.10. The van der Waals surface area contributed by atoms with E-state index in [4.69, 9.17) is 16.3 Å². The van der Waals surface area contributed by atoms with Gasteiger partial charge in [0.2, 0.25) is 0 Å². The predicted octanol–water partition coefficient (Wildman–Crippen LogP) is 3.43. The van der Waals surface area contributed by atoms with Crippen molar-refractivity contribution in [3.05, 3.63) is 33.0 Å². The molecule has 90 valence electrons. The van der Waals surface area contributed by atoms with Gasteiger partial charge in [-0.15, -0.1) is 0 Å². The molecule has 0 bridgehead atoms. The molecule has 0 aliphatic heterocycles. The van der Waals surface area contributed by atoms with Crippen LogP contribution >= 0.6 is 43.5 Å². The number of methoxy groups -OCH3 is 1. The fraction of sp³-hybridized carbons (Fsp3) is 0.200. The number of rotatable bonds is 2. The predicted molar refractivity (Wildman–Crippen MR) is 71.9 cm³/mol. The van der Waals surface area contributed by atoms with Crippen molar-refractivity contribution in [2.24, 2.45) is 0 Å². The molecule has 17 heavy (non-hydrogen) atoms. The van der Waals surface area contributed by atoms with Gasteiger partial charge in [-0.25, -0.2) is 9.31 Å². The molecule has 0 amide bonds. The van der Waals surface area contributed by atoms with Gasteiger partial charge in [0.05, 0.1) is 28.3 Å². The van der Waals surface area contributed by atoms with E-state index in [1.807, 2.05) is 0 Å². The number of nitrogens with zero attached hydrogens (tertiary/aromatic N) is 2. The largest absolute Gasteiger partial charge is 0.465 e. The van der Waals surface area contributed by atoms with E-state index in [1.54, 1.807) is 10.7 Å². The van der Waals surface area contributed by atoms with Crippen LogP contribution < -0.4 is 0 Å². The van der Waals surface area contributed by atoms with Gasteiger partial charge in [-0.1, -0.05) is 27.5 Å². The van der Waals surface area contributed by atoms with E-state index in [1.165, 1.54) is 13.3 Å². The van der Waals surface area contributed by atoms with Gasteiger partial charge in [0.1, 0.15) is 5.56 Å². The van der Waals surface area contributed by atoms with E-state index in [-0.39, 0.29) is 0 Å². The standard InChI is InChI=1S/C10H7Br2ClN2O2/c1-17-10(16)6-3-14-15-4-7(12)8(13)5(2-11)9(6)15/h3-4H,2H2,1H3. The molecule has 2 aromatic heterocycles. The Kier molecular flexibility index (Phi) is 3.75. The summed E-state index contributed by atoms with van der Waals surface area (Å²) in [4.78, 5) is 11.6. The number of ether oxygens (including phenoxy) is 1. The van der Waals surface area contributed by atoms with Crippen LogP contribution in [0.2, 0.25) is 5.02 Å². The molecule has 2 heterocycles. The Morgan fingerprint density at radius 1 is 1.65 bits per heavy atom. The Labute approximate surface area is 119 Å². The van der Waals surface area contributed by atoms with Gasteiger partial charge in [0.25, 0.3) is 0 Å². The smallest absolute Gasteiger partial charge is 0.341 e. The summed E-state index contributed by atoms with van der Waals surface area (Å²) in [6.07, 6.45) is 3.17. The Balaban J connectivity index is 2.83. The first kappa shape index (κ1) is 12.9. The van der Waals surface area contributed by atoms with Crippen LogP contribution in [0.3, 0.4) is 0 Å². The lowest BCUT2D eigenvalue weighted by Crippen LogP contribution is -2.02. The van der Waals surface area contributed by atoms with E-state index in [0.29, 0.717) is 21.4 Å². The van der Waals surface area contributed by atoms with Crippen LogP contribution in [0, 0.1) is 0 Å². The summed E-state index contributed by atoms with van der Waals surface area (Å²) >= 11 is 12.9. The van der Waals surface area contributed by atoms with E-state index in [2.05, 4.69) is 37.0 Å². The average molecular weight is 382 g/mol. The molecule has 0 saturated heterocycles. The number of alkyl halides is 1. The van der Waals surface area contributed by atoms with E-state index in [9.17, 15) is 4.79 Å². The summed E-state index contributed by atoms with van der Waals surface area (Å²) in [6.45, 7) is 0. The lowest BCUT2D eigenvalue weighted by Gasteiger charge is -2.07. The number of pyridine rings is 1. The Morgan fingerprint density at radius 2 is 2.35 bits per heavy atom. The highest BCUT2D eigenvalue weighted by Gasteiger charge is 2.19. The second-order valence-electron chi connectivity index (χ2n) is 3.25. The third kappa shape index (κ3) is 2.09. The highest BCUT2D eigenvalue weighted by atomic mass is 79.9. The monoisotopic (exact) mass is 380 g/mol. The minimum absolute atomic E-state index is 0.399. The number of carbonyl (C=O) groups excluding carboxylic acids is 1. The molecule has 0 aliphatic rings. The van der Waals surface area contributed by atoms with Crippen molar-refractivity contribution in [1.29, 1.82) is 0 Å². The summed E-state index contributed by atoms with van der Waals surface area (Å²) in [7, 11) is 1.33. The summed E-state index contributed by atoms with van der Waals surface area (Å²) in [5.74, 6) is -0.430. The van der Waals surface area contributed by atoms with E-state index in [0.717, 1.165) is 10.0 Å². The number of carbonyl (C=O) groups is 1. The number of fused-ring (bicyclic) bond motifs is 1. The first-order valence-corrected chi connectivity index (χ1v) is 6.88. The van der Waals surface area contributed by atoms with Crippen LogP contribution in [0.5, 0.6) is 0 Å². The lowest BCUT2D eigenvalue weighted by atomic mass is 10.2. The van der Waals surface area contributed by atoms with Crippen molar-refractivity contribution in [2.75, 3.05) is 7.11 Å². The fourth-order valence-corrected chi connectivity index (χ4v) is 2.90. The summed E-state index contributed by atoms with van der Waals surface area (Å²) in [5, 5.41) is 5.18.